The van der Waals surface area contributed by atoms with E-state index in [1.807, 2.05) is 13.8 Å². The summed E-state index contributed by atoms with van der Waals surface area (Å²) in [5.74, 6) is -0.939. The molecule has 220 valence electrons. The summed E-state index contributed by atoms with van der Waals surface area (Å²) in [6, 6.07) is 16.5. The Morgan fingerprint density at radius 2 is 1.66 bits per heavy atom. The molecule has 0 unspecified atom stereocenters. The van der Waals surface area contributed by atoms with E-state index in [2.05, 4.69) is 5.32 Å². The Morgan fingerprint density at radius 3 is 2.22 bits per heavy atom. The van der Waals surface area contributed by atoms with Crippen molar-refractivity contribution < 1.29 is 27.1 Å². The number of halogens is 2. The van der Waals surface area contributed by atoms with Crippen LogP contribution >= 0.6 is 11.6 Å². The second-order valence-corrected chi connectivity index (χ2v) is 11.9. The van der Waals surface area contributed by atoms with E-state index in [0.29, 0.717) is 17.7 Å². The number of nitrogens with zero attached hydrogens (tertiary/aromatic N) is 2. The lowest BCUT2D eigenvalue weighted by molar-refractivity contribution is -0.140. The molecule has 0 saturated carbocycles. The smallest absolute Gasteiger partial charge is 0.264 e. The quantitative estimate of drug-likeness (QED) is 0.282. The molecule has 41 heavy (non-hydrogen) atoms. The van der Waals surface area contributed by atoms with Crippen molar-refractivity contribution >= 4 is 39.1 Å². The van der Waals surface area contributed by atoms with Crippen molar-refractivity contribution in [3.05, 3.63) is 89.2 Å². The van der Waals surface area contributed by atoms with Gasteiger partial charge in [0.2, 0.25) is 11.8 Å². The molecule has 3 aromatic rings. The van der Waals surface area contributed by atoms with Gasteiger partial charge >= 0.3 is 0 Å². The van der Waals surface area contributed by atoms with E-state index in [1.165, 1.54) is 72.7 Å². The summed E-state index contributed by atoms with van der Waals surface area (Å²) in [5.41, 5.74) is 0.766. The maximum absolute atomic E-state index is 14.0. The zero-order valence-electron chi connectivity index (χ0n) is 23.5. The molecule has 0 aliphatic heterocycles. The molecule has 0 aromatic heterocycles. The molecule has 11 heteroatoms. The van der Waals surface area contributed by atoms with Crippen molar-refractivity contribution in [1.29, 1.82) is 0 Å². The van der Waals surface area contributed by atoms with Gasteiger partial charge in [-0.05, 0) is 79.9 Å². The third-order valence-corrected chi connectivity index (χ3v) is 8.70. The fourth-order valence-electron chi connectivity index (χ4n) is 4.18. The van der Waals surface area contributed by atoms with Crippen LogP contribution < -0.4 is 14.4 Å². The zero-order valence-corrected chi connectivity index (χ0v) is 25.1. The van der Waals surface area contributed by atoms with Crippen molar-refractivity contribution in [2.24, 2.45) is 0 Å². The first-order valence-electron chi connectivity index (χ1n) is 13.3. The molecule has 1 N–H and O–H groups in total. The maximum Gasteiger partial charge on any atom is 0.264 e. The van der Waals surface area contributed by atoms with Gasteiger partial charge in [-0.3, -0.25) is 13.9 Å². The van der Waals surface area contributed by atoms with Crippen LogP contribution in [0.3, 0.4) is 0 Å². The fourth-order valence-corrected chi connectivity index (χ4v) is 5.77. The summed E-state index contributed by atoms with van der Waals surface area (Å²) in [6.07, 6.45) is 0.967. The summed E-state index contributed by atoms with van der Waals surface area (Å²) in [4.78, 5) is 28.6. The number of ether oxygens (including phenoxy) is 1. The minimum absolute atomic E-state index is 0.0302. The molecule has 0 aliphatic carbocycles. The molecule has 0 spiro atoms. The molecule has 0 radical (unpaired) electrons. The van der Waals surface area contributed by atoms with Gasteiger partial charge in [0.05, 0.1) is 17.7 Å². The zero-order chi connectivity index (χ0) is 30.2. The van der Waals surface area contributed by atoms with Crippen LogP contribution in [0.1, 0.15) is 39.2 Å². The highest BCUT2D eigenvalue weighted by molar-refractivity contribution is 7.92. The second kappa shape index (κ2) is 14.3. The number of amides is 2. The van der Waals surface area contributed by atoms with Crippen molar-refractivity contribution in [3.8, 4) is 5.75 Å². The van der Waals surface area contributed by atoms with Crippen LogP contribution in [0.25, 0.3) is 0 Å². The van der Waals surface area contributed by atoms with Crippen LogP contribution in [0.4, 0.5) is 10.1 Å². The van der Waals surface area contributed by atoms with Crippen LogP contribution in [0.15, 0.2) is 77.7 Å². The van der Waals surface area contributed by atoms with Gasteiger partial charge in [-0.25, -0.2) is 12.8 Å². The molecule has 2 amide bonds. The van der Waals surface area contributed by atoms with Gasteiger partial charge in [0.25, 0.3) is 10.0 Å². The Kier molecular flexibility index (Phi) is 11.1. The second-order valence-electron chi connectivity index (χ2n) is 9.56. The van der Waals surface area contributed by atoms with E-state index in [4.69, 9.17) is 16.3 Å². The number of hydrogen-bond acceptors (Lipinski definition) is 5. The van der Waals surface area contributed by atoms with Gasteiger partial charge < -0.3 is 15.0 Å². The van der Waals surface area contributed by atoms with Crippen LogP contribution in [-0.4, -0.2) is 50.9 Å². The lowest BCUT2D eigenvalue weighted by Gasteiger charge is -2.33. The Bertz CT molecular complexity index is 1440. The number of carbonyl (C=O) groups excluding carboxylic acids is 2. The Labute approximate surface area is 246 Å². The van der Waals surface area contributed by atoms with Crippen LogP contribution in [0.5, 0.6) is 5.75 Å². The first-order valence-corrected chi connectivity index (χ1v) is 15.1. The van der Waals surface area contributed by atoms with Crippen molar-refractivity contribution in [3.63, 3.8) is 0 Å². The summed E-state index contributed by atoms with van der Waals surface area (Å²) in [5, 5.41) is 3.20. The first kappa shape index (κ1) is 31.9. The van der Waals surface area contributed by atoms with Gasteiger partial charge in [0, 0.05) is 17.6 Å². The third kappa shape index (κ3) is 8.20. The summed E-state index contributed by atoms with van der Waals surface area (Å²) in [7, 11) is -2.79. The molecular weight excluding hydrogens is 569 g/mol. The first-order chi connectivity index (χ1) is 19.5. The number of methoxy groups -OCH3 is 1. The van der Waals surface area contributed by atoms with Crippen molar-refractivity contribution in [2.45, 2.75) is 57.1 Å². The minimum Gasteiger partial charge on any atom is -0.497 e. The van der Waals surface area contributed by atoms with Gasteiger partial charge in [0.1, 0.15) is 24.2 Å². The molecule has 8 nitrogen and oxygen atoms in total. The minimum atomic E-state index is -4.26. The van der Waals surface area contributed by atoms with E-state index in [9.17, 15) is 22.4 Å². The Balaban J connectivity index is 2.06. The van der Waals surface area contributed by atoms with Gasteiger partial charge in [-0.15, -0.1) is 0 Å². The largest absolute Gasteiger partial charge is 0.497 e. The van der Waals surface area contributed by atoms with Crippen molar-refractivity contribution in [2.75, 3.05) is 18.0 Å². The number of hydrogen-bond donors (Lipinski definition) is 1. The third-order valence-electron chi connectivity index (χ3n) is 6.68. The number of carbonyl (C=O) groups is 2. The molecule has 2 atom stereocenters. The van der Waals surface area contributed by atoms with Gasteiger partial charge in [0.15, 0.2) is 0 Å². The highest BCUT2D eigenvalue weighted by atomic mass is 35.5. The van der Waals surface area contributed by atoms with Gasteiger partial charge in [-0.1, -0.05) is 43.6 Å². The summed E-state index contributed by atoms with van der Waals surface area (Å²) < 4.78 is 47.5. The number of anilines is 1. The van der Waals surface area contributed by atoms with E-state index in [0.717, 1.165) is 4.31 Å². The van der Waals surface area contributed by atoms with Crippen molar-refractivity contribution in [1.82, 2.24) is 10.2 Å². The predicted octanol–water partition coefficient (Wildman–Crippen LogP) is 5.41. The Hall–Kier alpha value is -3.63. The van der Waals surface area contributed by atoms with E-state index in [-0.39, 0.29) is 40.5 Å². The van der Waals surface area contributed by atoms with E-state index >= 15 is 0 Å². The van der Waals surface area contributed by atoms with Crippen LogP contribution in [-0.2, 0) is 26.2 Å². The topological polar surface area (TPSA) is 96.0 Å². The summed E-state index contributed by atoms with van der Waals surface area (Å²) in [6.45, 7) is 4.93. The molecule has 0 aliphatic rings. The molecule has 3 rings (SSSR count). The molecule has 0 heterocycles. The summed E-state index contributed by atoms with van der Waals surface area (Å²) >= 11 is 6.20. The van der Waals surface area contributed by atoms with E-state index in [1.54, 1.807) is 19.1 Å². The number of sulfonamides is 1. The lowest BCUT2D eigenvalue weighted by Crippen LogP contribution is -2.53. The molecule has 0 fully saturated rings. The molecular formula is C30H35ClFN3O5S. The SMILES string of the molecule is CC[C@@H](C)NC(=O)[C@H](CC)N(Cc1ccc(F)cc1)C(=O)CN(c1cccc(Cl)c1)S(=O)(=O)c1ccc(OC)cc1. The molecule has 3 aromatic carbocycles. The standard InChI is InChI=1S/C30H35ClFN3O5S/c1-5-21(3)33-30(37)28(6-2)34(19-22-10-12-24(32)13-11-22)29(36)20-35(25-9-7-8-23(31)18-25)41(38,39)27-16-14-26(40-4)15-17-27/h7-18,21,28H,5-6,19-20H2,1-4H3,(H,33,37)/t21-,28+/m1/s1. The predicted molar refractivity (Wildman–Crippen MR) is 158 cm³/mol. The average Bonchev–Trinajstić information content (AvgIpc) is 2.96. The molecule has 0 saturated heterocycles. The monoisotopic (exact) mass is 603 g/mol. The maximum atomic E-state index is 14.0. The Morgan fingerprint density at radius 1 is 1.00 bits per heavy atom. The molecule has 0 bridgehead atoms. The number of nitrogens with one attached hydrogen (secondary N) is 1. The normalized spacial score (nSPS) is 12.7. The average molecular weight is 604 g/mol. The number of rotatable bonds is 13. The van der Waals surface area contributed by atoms with Crippen LogP contribution in [0, 0.1) is 5.82 Å². The lowest BCUT2D eigenvalue weighted by atomic mass is 10.1. The van der Waals surface area contributed by atoms with E-state index < -0.39 is 34.3 Å². The highest BCUT2D eigenvalue weighted by Gasteiger charge is 2.34. The fraction of sp³-hybridized carbons (Fsp3) is 0.333. The van der Waals surface area contributed by atoms with Gasteiger partial charge in [-0.2, -0.15) is 0 Å². The van der Waals surface area contributed by atoms with Crippen LogP contribution in [0.2, 0.25) is 5.02 Å². The highest BCUT2D eigenvalue weighted by Crippen LogP contribution is 2.28. The number of benzene rings is 3.